The summed E-state index contributed by atoms with van der Waals surface area (Å²) in [7, 11) is 2.96. The van der Waals surface area contributed by atoms with Gasteiger partial charge in [-0.2, -0.15) is 5.26 Å². The Morgan fingerprint density at radius 1 is 1.24 bits per heavy atom. The molecule has 0 aliphatic heterocycles. The Labute approximate surface area is 164 Å². The van der Waals surface area contributed by atoms with Gasteiger partial charge in [-0.05, 0) is 70.6 Å². The van der Waals surface area contributed by atoms with Gasteiger partial charge < -0.3 is 14.8 Å². The third kappa shape index (κ3) is 4.87. The maximum Gasteiger partial charge on any atom is 0.266 e. The van der Waals surface area contributed by atoms with Crippen LogP contribution in [-0.4, -0.2) is 20.1 Å². The Bertz CT molecular complexity index is 858. The third-order valence-corrected chi connectivity index (χ3v) is 4.23. The molecular formula is C18H14ClIN2O3. The van der Waals surface area contributed by atoms with Crippen molar-refractivity contribution in [1.82, 2.24) is 0 Å². The molecule has 0 saturated carbocycles. The largest absolute Gasteiger partial charge is 0.493 e. The van der Waals surface area contributed by atoms with E-state index in [1.807, 2.05) is 18.2 Å². The molecule has 0 saturated heterocycles. The number of hydrogen-bond acceptors (Lipinski definition) is 4. The average molecular weight is 469 g/mol. The summed E-state index contributed by atoms with van der Waals surface area (Å²) in [5.74, 6) is 0.300. The van der Waals surface area contributed by atoms with Gasteiger partial charge in [-0.1, -0.05) is 11.6 Å². The fraction of sp³-hybridized carbons (Fsp3) is 0.111. The molecule has 128 valence electrons. The minimum atomic E-state index is -0.505. The lowest BCUT2D eigenvalue weighted by Crippen LogP contribution is -2.13. The highest BCUT2D eigenvalue weighted by atomic mass is 127. The van der Waals surface area contributed by atoms with E-state index >= 15 is 0 Å². The molecule has 7 heteroatoms. The number of halogens is 2. The molecule has 25 heavy (non-hydrogen) atoms. The number of ether oxygens (including phenoxy) is 2. The van der Waals surface area contributed by atoms with Gasteiger partial charge in [0.15, 0.2) is 11.5 Å². The molecule has 0 aromatic heterocycles. The number of carbonyl (C=O) groups excluding carboxylic acids is 1. The maximum atomic E-state index is 12.3. The molecule has 2 rings (SSSR count). The number of hydrogen-bond donors (Lipinski definition) is 1. The van der Waals surface area contributed by atoms with Crippen molar-refractivity contribution < 1.29 is 14.3 Å². The Hall–Kier alpha value is -2.24. The highest BCUT2D eigenvalue weighted by molar-refractivity contribution is 14.1. The van der Waals surface area contributed by atoms with Gasteiger partial charge in [0.2, 0.25) is 0 Å². The van der Waals surface area contributed by atoms with Gasteiger partial charge in [-0.25, -0.2) is 0 Å². The van der Waals surface area contributed by atoms with Crippen molar-refractivity contribution in [2.45, 2.75) is 0 Å². The minimum absolute atomic E-state index is 0.0539. The Morgan fingerprint density at radius 2 is 1.92 bits per heavy atom. The number of benzene rings is 2. The minimum Gasteiger partial charge on any atom is -0.493 e. The van der Waals surface area contributed by atoms with Crippen LogP contribution in [0.4, 0.5) is 5.69 Å². The molecule has 0 atom stereocenters. The zero-order chi connectivity index (χ0) is 18.4. The molecule has 0 radical (unpaired) electrons. The SMILES string of the molecule is COc1cc(/C=C(\C#N)C(=O)Nc2ccc(I)cc2)cc(Cl)c1OC. The molecule has 1 amide bonds. The average Bonchev–Trinajstić information content (AvgIpc) is 2.60. The molecule has 0 unspecified atom stereocenters. The lowest BCUT2D eigenvalue weighted by Gasteiger charge is -2.10. The van der Waals surface area contributed by atoms with Gasteiger partial charge in [0, 0.05) is 9.26 Å². The molecule has 2 aromatic rings. The first-order valence-electron chi connectivity index (χ1n) is 7.08. The van der Waals surface area contributed by atoms with Crippen molar-refractivity contribution in [3.05, 3.63) is 56.1 Å². The van der Waals surface area contributed by atoms with Crippen molar-refractivity contribution >= 4 is 51.9 Å². The molecule has 2 aromatic carbocycles. The summed E-state index contributed by atoms with van der Waals surface area (Å²) in [5, 5.41) is 12.3. The van der Waals surface area contributed by atoms with Crippen LogP contribution in [0.5, 0.6) is 11.5 Å². The topological polar surface area (TPSA) is 71.3 Å². The van der Waals surface area contributed by atoms with Crippen molar-refractivity contribution in [1.29, 1.82) is 5.26 Å². The quantitative estimate of drug-likeness (QED) is 0.398. The summed E-state index contributed by atoms with van der Waals surface area (Å²) in [6.07, 6.45) is 1.44. The van der Waals surface area contributed by atoms with Crippen LogP contribution >= 0.6 is 34.2 Å². The molecule has 0 aliphatic carbocycles. The molecule has 1 N–H and O–H groups in total. The summed E-state index contributed by atoms with van der Waals surface area (Å²) >= 11 is 8.32. The molecule has 0 spiro atoms. The highest BCUT2D eigenvalue weighted by Crippen LogP contribution is 2.36. The first kappa shape index (κ1) is 19.1. The monoisotopic (exact) mass is 468 g/mol. The number of methoxy groups -OCH3 is 2. The Kier molecular flexibility index (Phi) is 6.67. The van der Waals surface area contributed by atoms with E-state index in [0.29, 0.717) is 27.8 Å². The normalized spacial score (nSPS) is 10.8. The van der Waals surface area contributed by atoms with Crippen LogP contribution in [-0.2, 0) is 4.79 Å². The van der Waals surface area contributed by atoms with Gasteiger partial charge in [-0.3, -0.25) is 4.79 Å². The zero-order valence-corrected chi connectivity index (χ0v) is 16.4. The fourth-order valence-electron chi connectivity index (χ4n) is 2.07. The van der Waals surface area contributed by atoms with E-state index < -0.39 is 5.91 Å². The second-order valence-corrected chi connectivity index (χ2v) is 6.52. The Morgan fingerprint density at radius 3 is 2.48 bits per heavy atom. The molecular weight excluding hydrogens is 455 g/mol. The van der Waals surface area contributed by atoms with Crippen LogP contribution in [0.3, 0.4) is 0 Å². The summed E-state index contributed by atoms with van der Waals surface area (Å²) < 4.78 is 11.4. The number of nitrogens with one attached hydrogen (secondary N) is 1. The summed E-state index contributed by atoms with van der Waals surface area (Å²) in [6.45, 7) is 0. The van der Waals surface area contributed by atoms with Crippen LogP contribution in [0.25, 0.3) is 6.08 Å². The van der Waals surface area contributed by atoms with Gasteiger partial charge >= 0.3 is 0 Å². The van der Waals surface area contributed by atoms with Gasteiger partial charge in [0.25, 0.3) is 5.91 Å². The maximum absolute atomic E-state index is 12.3. The number of anilines is 1. The molecule has 0 fully saturated rings. The van der Waals surface area contributed by atoms with E-state index in [1.165, 1.54) is 20.3 Å². The second kappa shape index (κ2) is 8.74. The van der Waals surface area contributed by atoms with Crippen LogP contribution in [0.1, 0.15) is 5.56 Å². The molecule has 0 heterocycles. The first-order chi connectivity index (χ1) is 12.0. The summed E-state index contributed by atoms with van der Waals surface area (Å²) in [6, 6.07) is 12.4. The molecule has 0 bridgehead atoms. The number of carbonyl (C=O) groups is 1. The van der Waals surface area contributed by atoms with Gasteiger partial charge in [-0.15, -0.1) is 0 Å². The van der Waals surface area contributed by atoms with Crippen molar-refractivity contribution in [2.24, 2.45) is 0 Å². The van der Waals surface area contributed by atoms with Crippen molar-refractivity contribution in [3.63, 3.8) is 0 Å². The van der Waals surface area contributed by atoms with Crippen molar-refractivity contribution in [2.75, 3.05) is 19.5 Å². The molecule has 5 nitrogen and oxygen atoms in total. The predicted octanol–water partition coefficient (Wildman–Crippen LogP) is 4.51. The first-order valence-corrected chi connectivity index (χ1v) is 8.54. The number of rotatable bonds is 5. The lowest BCUT2D eigenvalue weighted by atomic mass is 10.1. The van der Waals surface area contributed by atoms with E-state index in [1.54, 1.807) is 24.3 Å². The second-order valence-electron chi connectivity index (χ2n) is 4.87. The highest BCUT2D eigenvalue weighted by Gasteiger charge is 2.13. The zero-order valence-electron chi connectivity index (χ0n) is 13.5. The number of nitriles is 1. The van der Waals surface area contributed by atoms with E-state index in [4.69, 9.17) is 21.1 Å². The number of amides is 1. The van der Waals surface area contributed by atoms with E-state index in [9.17, 15) is 10.1 Å². The summed E-state index contributed by atoms with van der Waals surface area (Å²) in [4.78, 5) is 12.3. The van der Waals surface area contributed by atoms with Crippen LogP contribution in [0.15, 0.2) is 42.0 Å². The fourth-order valence-corrected chi connectivity index (χ4v) is 2.72. The van der Waals surface area contributed by atoms with E-state index in [-0.39, 0.29) is 5.57 Å². The smallest absolute Gasteiger partial charge is 0.266 e. The Balaban J connectivity index is 2.30. The van der Waals surface area contributed by atoms with Crippen LogP contribution in [0.2, 0.25) is 5.02 Å². The van der Waals surface area contributed by atoms with E-state index in [0.717, 1.165) is 3.57 Å². The number of nitrogens with zero attached hydrogens (tertiary/aromatic N) is 1. The van der Waals surface area contributed by atoms with Gasteiger partial charge in [0.05, 0.1) is 19.2 Å². The van der Waals surface area contributed by atoms with Crippen molar-refractivity contribution in [3.8, 4) is 17.6 Å². The van der Waals surface area contributed by atoms with Crippen LogP contribution in [0, 0.1) is 14.9 Å². The summed E-state index contributed by atoms with van der Waals surface area (Å²) in [5.41, 5.74) is 1.11. The lowest BCUT2D eigenvalue weighted by molar-refractivity contribution is -0.112. The van der Waals surface area contributed by atoms with Crippen LogP contribution < -0.4 is 14.8 Å². The third-order valence-electron chi connectivity index (χ3n) is 3.23. The predicted molar refractivity (Wildman–Crippen MR) is 106 cm³/mol. The standard InChI is InChI=1S/C18H14ClIN2O3/c1-24-16-9-11(8-15(19)17(16)25-2)7-12(10-21)18(23)22-14-5-3-13(20)4-6-14/h3-9H,1-2H3,(H,22,23)/b12-7+. The van der Waals surface area contributed by atoms with Gasteiger partial charge in [0.1, 0.15) is 11.6 Å². The van der Waals surface area contributed by atoms with E-state index in [2.05, 4.69) is 27.9 Å². The molecule has 0 aliphatic rings.